The molecule has 2 rings (SSSR count). The maximum Gasteiger partial charge on any atom is 0.332 e. The van der Waals surface area contributed by atoms with Crippen LogP contribution in [0, 0.1) is 0 Å². The molecular formula is C14H19N5O3. The van der Waals surface area contributed by atoms with E-state index in [2.05, 4.69) is 10.3 Å². The zero-order chi connectivity index (χ0) is 16.7. The first-order valence-corrected chi connectivity index (χ1v) is 6.77. The van der Waals surface area contributed by atoms with Crippen LogP contribution in [0.2, 0.25) is 0 Å². The van der Waals surface area contributed by atoms with Crippen molar-refractivity contribution in [2.75, 3.05) is 6.54 Å². The highest BCUT2D eigenvalue weighted by Gasteiger charge is 2.21. The van der Waals surface area contributed by atoms with Gasteiger partial charge in [0.2, 0.25) is 0 Å². The van der Waals surface area contributed by atoms with Gasteiger partial charge < -0.3 is 11.1 Å². The van der Waals surface area contributed by atoms with Gasteiger partial charge in [0.15, 0.2) is 0 Å². The molecule has 0 aliphatic heterocycles. The Labute approximate surface area is 126 Å². The molecule has 8 nitrogen and oxygen atoms in total. The van der Waals surface area contributed by atoms with Crippen molar-refractivity contribution in [2.45, 2.75) is 19.4 Å². The number of aryl methyl sites for hydroxylation is 1. The first kappa shape index (κ1) is 15.9. The number of amides is 1. The zero-order valence-electron chi connectivity index (χ0n) is 13.0. The molecule has 0 bridgehead atoms. The van der Waals surface area contributed by atoms with E-state index in [1.54, 1.807) is 13.8 Å². The second-order valence-corrected chi connectivity index (χ2v) is 5.82. The molecule has 2 aromatic heterocycles. The lowest BCUT2D eigenvalue weighted by molar-refractivity contribution is 0.0911. The van der Waals surface area contributed by atoms with Crippen LogP contribution in [-0.2, 0) is 14.1 Å². The smallest absolute Gasteiger partial charge is 0.332 e. The minimum Gasteiger partial charge on any atom is -0.345 e. The molecule has 0 unspecified atom stereocenters. The molecule has 0 saturated carbocycles. The van der Waals surface area contributed by atoms with E-state index in [0.29, 0.717) is 0 Å². The highest BCUT2D eigenvalue weighted by molar-refractivity contribution is 5.94. The lowest BCUT2D eigenvalue weighted by Gasteiger charge is -2.23. The quantitative estimate of drug-likeness (QED) is 0.763. The first-order chi connectivity index (χ1) is 10.2. The minimum absolute atomic E-state index is 0.122. The van der Waals surface area contributed by atoms with Crippen LogP contribution in [0.3, 0.4) is 0 Å². The van der Waals surface area contributed by atoms with E-state index >= 15 is 0 Å². The first-order valence-electron chi connectivity index (χ1n) is 6.77. The van der Waals surface area contributed by atoms with Crippen LogP contribution in [0.25, 0.3) is 11.0 Å². The summed E-state index contributed by atoms with van der Waals surface area (Å²) in [6, 6.07) is 2.95. The summed E-state index contributed by atoms with van der Waals surface area (Å²) in [5.74, 6) is -0.412. The van der Waals surface area contributed by atoms with Crippen LogP contribution >= 0.6 is 0 Å². The number of fused-ring (bicyclic) bond motifs is 1. The molecule has 3 N–H and O–H groups in total. The minimum atomic E-state index is -0.577. The van der Waals surface area contributed by atoms with Crippen LogP contribution in [-0.4, -0.2) is 32.1 Å². The van der Waals surface area contributed by atoms with Crippen LogP contribution in [0.4, 0.5) is 0 Å². The van der Waals surface area contributed by atoms with Gasteiger partial charge >= 0.3 is 5.69 Å². The number of hydrogen-bond donors (Lipinski definition) is 2. The average Bonchev–Trinajstić information content (AvgIpc) is 2.49. The SMILES string of the molecule is Cn1c(=O)c2ccc(C(=O)NC(C)(C)CN)nc2n(C)c1=O. The van der Waals surface area contributed by atoms with Crippen molar-refractivity contribution in [1.29, 1.82) is 0 Å². The van der Waals surface area contributed by atoms with Gasteiger partial charge in [-0.1, -0.05) is 0 Å². The lowest BCUT2D eigenvalue weighted by atomic mass is 10.1. The summed E-state index contributed by atoms with van der Waals surface area (Å²) < 4.78 is 2.24. The van der Waals surface area contributed by atoms with Gasteiger partial charge in [-0.15, -0.1) is 0 Å². The van der Waals surface area contributed by atoms with Crippen LogP contribution in [0.5, 0.6) is 0 Å². The highest BCUT2D eigenvalue weighted by Crippen LogP contribution is 2.08. The second kappa shape index (κ2) is 5.38. The Hall–Kier alpha value is -2.48. The molecule has 2 heterocycles. The maximum absolute atomic E-state index is 12.2. The Kier molecular flexibility index (Phi) is 3.89. The van der Waals surface area contributed by atoms with Gasteiger partial charge in [0, 0.05) is 26.2 Å². The number of nitrogens with one attached hydrogen (secondary N) is 1. The summed E-state index contributed by atoms with van der Waals surface area (Å²) >= 11 is 0. The van der Waals surface area contributed by atoms with Crippen molar-refractivity contribution < 1.29 is 4.79 Å². The van der Waals surface area contributed by atoms with Gasteiger partial charge in [-0.3, -0.25) is 18.7 Å². The van der Waals surface area contributed by atoms with E-state index in [9.17, 15) is 14.4 Å². The predicted octanol–water partition coefficient (Wildman–Crippen LogP) is -0.901. The number of aromatic nitrogens is 3. The molecule has 1 amide bonds. The van der Waals surface area contributed by atoms with Crippen LogP contribution in [0.1, 0.15) is 24.3 Å². The monoisotopic (exact) mass is 305 g/mol. The molecule has 0 aromatic carbocycles. The third-order valence-corrected chi connectivity index (χ3v) is 3.50. The molecule has 0 spiro atoms. The Bertz CT molecular complexity index is 863. The van der Waals surface area contributed by atoms with Gasteiger partial charge in [-0.25, -0.2) is 9.78 Å². The third kappa shape index (κ3) is 2.64. The van der Waals surface area contributed by atoms with Gasteiger partial charge in [-0.2, -0.15) is 0 Å². The standard InChI is InChI=1S/C14H19N5O3/c1-14(2,7-15)17-11(20)9-6-5-8-10(16-9)18(3)13(22)19(4)12(8)21/h5-6H,7,15H2,1-4H3,(H,17,20). The third-order valence-electron chi connectivity index (χ3n) is 3.50. The summed E-state index contributed by atoms with van der Waals surface area (Å²) in [7, 11) is 2.90. The molecule has 0 fully saturated rings. The molecule has 8 heteroatoms. The summed E-state index contributed by atoms with van der Waals surface area (Å²) in [4.78, 5) is 40.3. The average molecular weight is 305 g/mol. The number of rotatable bonds is 3. The molecule has 0 atom stereocenters. The number of carbonyl (C=O) groups excluding carboxylic acids is 1. The fourth-order valence-electron chi connectivity index (χ4n) is 2.00. The lowest BCUT2D eigenvalue weighted by Crippen LogP contribution is -2.49. The van der Waals surface area contributed by atoms with E-state index in [1.807, 2.05) is 0 Å². The van der Waals surface area contributed by atoms with Gasteiger partial charge in [0.1, 0.15) is 11.3 Å². The summed E-state index contributed by atoms with van der Waals surface area (Å²) in [5, 5.41) is 3.03. The fourth-order valence-corrected chi connectivity index (χ4v) is 2.00. The summed E-state index contributed by atoms with van der Waals surface area (Å²) in [5.41, 5.74) is 4.36. The van der Waals surface area contributed by atoms with E-state index in [1.165, 1.54) is 30.8 Å². The Morgan fingerprint density at radius 3 is 2.50 bits per heavy atom. The van der Waals surface area contributed by atoms with Crippen molar-refractivity contribution in [3.05, 3.63) is 38.7 Å². The Morgan fingerprint density at radius 1 is 1.27 bits per heavy atom. The van der Waals surface area contributed by atoms with Gasteiger partial charge in [0.05, 0.1) is 5.39 Å². The van der Waals surface area contributed by atoms with Crippen LogP contribution in [0.15, 0.2) is 21.7 Å². The second-order valence-electron chi connectivity index (χ2n) is 5.82. The molecule has 0 saturated heterocycles. The van der Waals surface area contributed by atoms with Gasteiger partial charge in [-0.05, 0) is 26.0 Å². The van der Waals surface area contributed by atoms with E-state index in [4.69, 9.17) is 5.73 Å². The molecule has 0 radical (unpaired) electrons. The predicted molar refractivity (Wildman–Crippen MR) is 82.8 cm³/mol. The van der Waals surface area contributed by atoms with Crippen molar-refractivity contribution in [2.24, 2.45) is 19.8 Å². The molecule has 118 valence electrons. The number of nitrogens with zero attached hydrogens (tertiary/aromatic N) is 3. The number of pyridine rings is 1. The number of hydrogen-bond acceptors (Lipinski definition) is 5. The molecule has 22 heavy (non-hydrogen) atoms. The van der Waals surface area contributed by atoms with E-state index in [-0.39, 0.29) is 23.3 Å². The number of carbonyl (C=O) groups is 1. The molecule has 2 aromatic rings. The van der Waals surface area contributed by atoms with Gasteiger partial charge in [0.25, 0.3) is 11.5 Å². The van der Waals surface area contributed by atoms with Crippen molar-refractivity contribution >= 4 is 16.9 Å². The largest absolute Gasteiger partial charge is 0.345 e. The normalized spacial score (nSPS) is 11.7. The zero-order valence-corrected chi connectivity index (χ0v) is 13.0. The number of nitrogens with two attached hydrogens (primary N) is 1. The maximum atomic E-state index is 12.2. The van der Waals surface area contributed by atoms with Crippen LogP contribution < -0.4 is 22.3 Å². The highest BCUT2D eigenvalue weighted by atomic mass is 16.2. The molecule has 0 aliphatic rings. The van der Waals surface area contributed by atoms with E-state index < -0.39 is 22.7 Å². The van der Waals surface area contributed by atoms with E-state index in [0.717, 1.165) is 4.57 Å². The Balaban J connectivity index is 2.59. The molecular weight excluding hydrogens is 286 g/mol. The summed E-state index contributed by atoms with van der Waals surface area (Å²) in [6.45, 7) is 3.85. The van der Waals surface area contributed by atoms with Crippen molar-refractivity contribution in [3.8, 4) is 0 Å². The Morgan fingerprint density at radius 2 is 1.91 bits per heavy atom. The summed E-state index contributed by atoms with van der Waals surface area (Å²) in [6.07, 6.45) is 0. The topological polar surface area (TPSA) is 112 Å². The fraction of sp³-hybridized carbons (Fsp3) is 0.429. The van der Waals surface area contributed by atoms with Crippen molar-refractivity contribution in [3.63, 3.8) is 0 Å². The van der Waals surface area contributed by atoms with Crippen molar-refractivity contribution in [1.82, 2.24) is 19.4 Å². The molecule has 0 aliphatic carbocycles.